The maximum atomic E-state index is 13.8. The number of hydrogen-bond acceptors (Lipinski definition) is 1. The van der Waals surface area contributed by atoms with Gasteiger partial charge >= 0.3 is 0 Å². The fourth-order valence-corrected chi connectivity index (χ4v) is 4.73. The Kier molecular flexibility index (Phi) is 13.4. The first kappa shape index (κ1) is 26.1. The number of halogens is 2. The van der Waals surface area contributed by atoms with E-state index in [1.54, 1.807) is 6.07 Å². The molecule has 0 saturated heterocycles. The van der Waals surface area contributed by atoms with E-state index in [9.17, 15) is 8.78 Å². The number of benzene rings is 1. The van der Waals surface area contributed by atoms with E-state index in [1.165, 1.54) is 57.4 Å². The molecule has 3 heteroatoms. The number of aryl methyl sites for hydroxylation is 1. The van der Waals surface area contributed by atoms with Crippen LogP contribution in [0, 0.1) is 17.6 Å². The third-order valence-electron chi connectivity index (χ3n) is 6.77. The molecule has 0 saturated carbocycles. The van der Waals surface area contributed by atoms with Gasteiger partial charge in [0, 0.05) is 13.2 Å². The second-order valence-electron chi connectivity index (χ2n) is 8.56. The van der Waals surface area contributed by atoms with Gasteiger partial charge in [0.25, 0.3) is 0 Å². The molecule has 1 rings (SSSR count). The summed E-state index contributed by atoms with van der Waals surface area (Å²) in [7, 11) is 1.87. The van der Waals surface area contributed by atoms with E-state index in [0.29, 0.717) is 17.9 Å². The van der Waals surface area contributed by atoms with Crippen molar-refractivity contribution in [1.29, 1.82) is 0 Å². The van der Waals surface area contributed by atoms with Crippen molar-refractivity contribution in [2.75, 3.05) is 7.11 Å². The molecule has 0 aromatic heterocycles. The zero-order chi connectivity index (χ0) is 21.5. The summed E-state index contributed by atoms with van der Waals surface area (Å²) in [6, 6.07) is 3.92. The van der Waals surface area contributed by atoms with Crippen LogP contribution in [0.1, 0.15) is 110 Å². The summed E-state index contributed by atoms with van der Waals surface area (Å²) in [6.45, 7) is 6.76. The lowest BCUT2D eigenvalue weighted by molar-refractivity contribution is -0.0712. The van der Waals surface area contributed by atoms with Crippen molar-refractivity contribution in [3.63, 3.8) is 0 Å². The van der Waals surface area contributed by atoms with Crippen LogP contribution >= 0.6 is 0 Å². The number of hydrogen-bond donors (Lipinski definition) is 0. The van der Waals surface area contributed by atoms with Gasteiger partial charge in [-0.2, -0.15) is 0 Å². The van der Waals surface area contributed by atoms with E-state index in [-0.39, 0.29) is 5.60 Å². The molecule has 0 radical (unpaired) electrons. The average Bonchev–Trinajstić information content (AvgIpc) is 2.72. The summed E-state index contributed by atoms with van der Waals surface area (Å²) < 4.78 is 32.9. The summed E-state index contributed by atoms with van der Waals surface area (Å²) in [5, 5.41) is 0. The topological polar surface area (TPSA) is 9.23 Å². The smallest absolute Gasteiger partial charge is 0.129 e. The van der Waals surface area contributed by atoms with Gasteiger partial charge < -0.3 is 4.74 Å². The fraction of sp³-hybridized carbons (Fsp3) is 0.769. The Bertz CT molecular complexity index is 531. The summed E-state index contributed by atoms with van der Waals surface area (Å²) in [5.41, 5.74) is 0.621. The first-order valence-corrected chi connectivity index (χ1v) is 12.0. The minimum atomic E-state index is -0.501. The molecular weight excluding hydrogens is 366 g/mol. The van der Waals surface area contributed by atoms with Gasteiger partial charge in [-0.15, -0.1) is 0 Å². The van der Waals surface area contributed by atoms with Gasteiger partial charge in [0.05, 0.1) is 5.60 Å². The zero-order valence-corrected chi connectivity index (χ0v) is 19.4. The molecule has 0 amide bonds. The van der Waals surface area contributed by atoms with Crippen LogP contribution in [-0.4, -0.2) is 12.7 Å². The van der Waals surface area contributed by atoms with Crippen LogP contribution < -0.4 is 0 Å². The number of rotatable bonds is 17. The summed E-state index contributed by atoms with van der Waals surface area (Å²) >= 11 is 0. The summed E-state index contributed by atoms with van der Waals surface area (Å²) in [5.74, 6) is -0.323. The Balaban J connectivity index is 2.46. The van der Waals surface area contributed by atoms with Crippen molar-refractivity contribution in [3.05, 3.63) is 35.4 Å². The van der Waals surface area contributed by atoms with Gasteiger partial charge in [-0.25, -0.2) is 8.78 Å². The van der Waals surface area contributed by atoms with E-state index in [2.05, 4.69) is 20.8 Å². The van der Waals surface area contributed by atoms with Crippen molar-refractivity contribution >= 4 is 0 Å². The lowest BCUT2D eigenvalue weighted by Gasteiger charge is -2.39. The van der Waals surface area contributed by atoms with E-state index < -0.39 is 11.6 Å². The van der Waals surface area contributed by atoms with Crippen LogP contribution in [0.4, 0.5) is 8.78 Å². The zero-order valence-electron chi connectivity index (χ0n) is 19.4. The fourth-order valence-electron chi connectivity index (χ4n) is 4.73. The largest absolute Gasteiger partial charge is 0.378 e. The van der Waals surface area contributed by atoms with Gasteiger partial charge in [0.1, 0.15) is 11.6 Å². The lowest BCUT2D eigenvalue weighted by Crippen LogP contribution is -2.39. The molecule has 0 heterocycles. The van der Waals surface area contributed by atoms with Gasteiger partial charge in [0.2, 0.25) is 0 Å². The van der Waals surface area contributed by atoms with Crippen LogP contribution in [0.2, 0.25) is 0 Å². The van der Waals surface area contributed by atoms with E-state index in [1.807, 2.05) is 7.11 Å². The quantitative estimate of drug-likeness (QED) is 0.233. The first-order chi connectivity index (χ1) is 14.0. The lowest BCUT2D eigenvalue weighted by atomic mass is 9.76. The van der Waals surface area contributed by atoms with Crippen molar-refractivity contribution < 1.29 is 13.5 Å². The van der Waals surface area contributed by atoms with Crippen LogP contribution in [0.25, 0.3) is 0 Å². The summed E-state index contributed by atoms with van der Waals surface area (Å²) in [6.07, 6.45) is 16.4. The standard InChI is InChI=1S/C26H44F2O/c1-5-8-9-10-11-14-17-23(26(6-2,7-3)29-4)18-15-12-13-16-22-19-20-24(27)21-25(22)28/h19-21,23H,5-18H2,1-4H3. The third kappa shape index (κ3) is 9.15. The Morgan fingerprint density at radius 3 is 1.97 bits per heavy atom. The number of ether oxygens (including phenoxy) is 1. The number of methoxy groups -OCH3 is 1. The highest BCUT2D eigenvalue weighted by atomic mass is 19.1. The van der Waals surface area contributed by atoms with Gasteiger partial charge in [-0.1, -0.05) is 78.2 Å². The maximum absolute atomic E-state index is 13.8. The minimum absolute atomic E-state index is 0.00746. The van der Waals surface area contributed by atoms with E-state index in [4.69, 9.17) is 4.74 Å². The van der Waals surface area contributed by atoms with Crippen molar-refractivity contribution in [1.82, 2.24) is 0 Å². The highest BCUT2D eigenvalue weighted by Gasteiger charge is 2.34. The van der Waals surface area contributed by atoms with E-state index >= 15 is 0 Å². The molecule has 1 aromatic rings. The van der Waals surface area contributed by atoms with E-state index in [0.717, 1.165) is 38.2 Å². The maximum Gasteiger partial charge on any atom is 0.129 e. The molecular formula is C26H44F2O. The molecule has 0 spiro atoms. The highest BCUT2D eigenvalue weighted by molar-refractivity contribution is 5.18. The van der Waals surface area contributed by atoms with Gasteiger partial charge in [-0.05, 0) is 56.1 Å². The van der Waals surface area contributed by atoms with Crippen LogP contribution in [0.15, 0.2) is 18.2 Å². The predicted octanol–water partition coefficient (Wildman–Crippen LogP) is 8.64. The molecule has 0 bridgehead atoms. The second kappa shape index (κ2) is 14.9. The van der Waals surface area contributed by atoms with Crippen molar-refractivity contribution in [3.8, 4) is 0 Å². The molecule has 0 aliphatic heterocycles. The van der Waals surface area contributed by atoms with Crippen LogP contribution in [0.5, 0.6) is 0 Å². The van der Waals surface area contributed by atoms with Crippen molar-refractivity contribution in [2.45, 2.75) is 116 Å². The molecule has 0 aliphatic rings. The normalized spacial score (nSPS) is 13.0. The molecule has 0 aliphatic carbocycles. The molecule has 168 valence electrons. The first-order valence-electron chi connectivity index (χ1n) is 12.0. The van der Waals surface area contributed by atoms with Gasteiger partial charge in [0.15, 0.2) is 0 Å². The molecule has 1 atom stereocenters. The van der Waals surface area contributed by atoms with Gasteiger partial charge in [-0.3, -0.25) is 0 Å². The summed E-state index contributed by atoms with van der Waals surface area (Å²) in [4.78, 5) is 0. The Morgan fingerprint density at radius 2 is 1.41 bits per heavy atom. The third-order valence-corrected chi connectivity index (χ3v) is 6.77. The SMILES string of the molecule is CCCCCCCCC(CCCCCc1ccc(F)cc1F)C(CC)(CC)OC. The van der Waals surface area contributed by atoms with Crippen LogP contribution in [-0.2, 0) is 11.2 Å². The monoisotopic (exact) mass is 410 g/mol. The molecule has 1 unspecified atom stereocenters. The van der Waals surface area contributed by atoms with Crippen molar-refractivity contribution in [2.24, 2.45) is 5.92 Å². The second-order valence-corrected chi connectivity index (χ2v) is 8.56. The Labute approximate surface area is 178 Å². The highest BCUT2D eigenvalue weighted by Crippen LogP contribution is 2.36. The average molecular weight is 411 g/mol. The predicted molar refractivity (Wildman–Crippen MR) is 120 cm³/mol. The molecule has 0 fully saturated rings. The minimum Gasteiger partial charge on any atom is -0.378 e. The number of unbranched alkanes of at least 4 members (excludes halogenated alkanes) is 7. The van der Waals surface area contributed by atoms with Crippen LogP contribution in [0.3, 0.4) is 0 Å². The Hall–Kier alpha value is -0.960. The molecule has 29 heavy (non-hydrogen) atoms. The molecule has 1 nitrogen and oxygen atoms in total. The molecule has 0 N–H and O–H groups in total. The Morgan fingerprint density at radius 1 is 0.828 bits per heavy atom. The molecule has 1 aromatic carbocycles.